The zero-order chi connectivity index (χ0) is 27.9. The van der Waals surface area contributed by atoms with Crippen LogP contribution in [0.5, 0.6) is 11.5 Å². The SMILES string of the molecule is CCCCCCCCCCCCC(O)[C@@]12O[C@@H](C)C(NC(=O)CCc3ccc4c(c3)OCO4)[C@H]1OC(C)(C)O2. The van der Waals surface area contributed by atoms with Crippen LogP contribution in [0.3, 0.4) is 0 Å². The largest absolute Gasteiger partial charge is 0.454 e. The molecule has 0 aromatic heterocycles. The predicted molar refractivity (Wildman–Crippen MR) is 149 cm³/mol. The van der Waals surface area contributed by atoms with Gasteiger partial charge < -0.3 is 34.1 Å². The Bertz CT molecular complexity index is 938. The Hall–Kier alpha value is -1.87. The van der Waals surface area contributed by atoms with Crippen LogP contribution in [0.2, 0.25) is 0 Å². The molecule has 5 atom stereocenters. The van der Waals surface area contributed by atoms with E-state index < -0.39 is 29.8 Å². The van der Waals surface area contributed by atoms with Crippen LogP contribution in [0.25, 0.3) is 0 Å². The van der Waals surface area contributed by atoms with Crippen molar-refractivity contribution in [3.8, 4) is 11.5 Å². The van der Waals surface area contributed by atoms with Crippen LogP contribution >= 0.6 is 0 Å². The minimum Gasteiger partial charge on any atom is -0.454 e. The molecule has 1 aromatic carbocycles. The van der Waals surface area contributed by atoms with Gasteiger partial charge in [0.15, 0.2) is 17.3 Å². The first kappa shape index (κ1) is 30.1. The third-order valence-electron chi connectivity index (χ3n) is 8.12. The molecule has 8 nitrogen and oxygen atoms in total. The van der Waals surface area contributed by atoms with Crippen molar-refractivity contribution in [2.75, 3.05) is 6.79 Å². The second-order valence-electron chi connectivity index (χ2n) is 11.9. The predicted octanol–water partition coefficient (Wildman–Crippen LogP) is 5.77. The number of aryl methyl sites for hydroxylation is 1. The standard InChI is InChI=1S/C31H49NO7/c1-5-6-7-8-9-10-11-12-13-14-15-26(33)31-29(38-30(3,4)39-31)28(22(2)37-31)32-27(34)19-17-23-16-18-24-25(20-23)36-21-35-24/h16,18,20,22,26,28-29,33H,5-15,17,19,21H2,1-4H3,(H,32,34)/t22-,26?,28?,29+,31-/m0/s1. The van der Waals surface area contributed by atoms with Crippen LogP contribution in [0.4, 0.5) is 0 Å². The quantitative estimate of drug-likeness (QED) is 0.254. The summed E-state index contributed by atoms with van der Waals surface area (Å²) in [7, 11) is 0. The van der Waals surface area contributed by atoms with E-state index in [0.29, 0.717) is 25.0 Å². The third kappa shape index (κ3) is 7.66. The number of carbonyl (C=O) groups excluding carboxylic acids is 1. The molecule has 39 heavy (non-hydrogen) atoms. The van der Waals surface area contributed by atoms with E-state index in [1.807, 2.05) is 39.0 Å². The van der Waals surface area contributed by atoms with Gasteiger partial charge in [0.05, 0.1) is 12.1 Å². The highest BCUT2D eigenvalue weighted by Gasteiger charge is 2.67. The highest BCUT2D eigenvalue weighted by molar-refractivity contribution is 5.76. The molecule has 0 saturated carbocycles. The molecule has 2 saturated heterocycles. The number of rotatable bonds is 16. The molecule has 220 valence electrons. The summed E-state index contributed by atoms with van der Waals surface area (Å²) in [6, 6.07) is 5.33. The maximum absolute atomic E-state index is 13.0. The first-order valence-electron chi connectivity index (χ1n) is 15.2. The lowest BCUT2D eigenvalue weighted by Gasteiger charge is -2.32. The molecule has 1 aromatic rings. The molecular weight excluding hydrogens is 498 g/mol. The Morgan fingerprint density at radius 3 is 2.38 bits per heavy atom. The number of nitrogens with one attached hydrogen (secondary N) is 1. The Morgan fingerprint density at radius 2 is 1.67 bits per heavy atom. The van der Waals surface area contributed by atoms with Crippen molar-refractivity contribution in [3.63, 3.8) is 0 Å². The lowest BCUT2D eigenvalue weighted by molar-refractivity contribution is -0.292. The Kier molecular flexibility index (Phi) is 10.5. The number of unbranched alkanes of at least 4 members (excludes halogenated alkanes) is 9. The summed E-state index contributed by atoms with van der Waals surface area (Å²) in [5.74, 6) is -0.850. The molecule has 2 unspecified atom stereocenters. The number of carbonyl (C=O) groups is 1. The second-order valence-corrected chi connectivity index (χ2v) is 11.9. The number of hydrogen-bond donors (Lipinski definition) is 2. The highest BCUT2D eigenvalue weighted by Crippen LogP contribution is 2.48. The minimum atomic E-state index is -1.28. The first-order valence-corrected chi connectivity index (χ1v) is 15.2. The molecule has 3 heterocycles. The van der Waals surface area contributed by atoms with E-state index in [-0.39, 0.29) is 18.8 Å². The van der Waals surface area contributed by atoms with Crippen molar-refractivity contribution >= 4 is 5.91 Å². The lowest BCUT2D eigenvalue weighted by Crippen LogP contribution is -2.54. The van der Waals surface area contributed by atoms with Gasteiger partial charge in [-0.2, -0.15) is 0 Å². The second kappa shape index (κ2) is 13.7. The van der Waals surface area contributed by atoms with Crippen molar-refractivity contribution in [1.29, 1.82) is 0 Å². The fourth-order valence-corrected chi connectivity index (χ4v) is 6.05. The Balaban J connectivity index is 1.25. The maximum Gasteiger partial charge on any atom is 0.231 e. The van der Waals surface area contributed by atoms with Crippen LogP contribution in [0.1, 0.15) is 110 Å². The monoisotopic (exact) mass is 547 g/mol. The molecule has 3 aliphatic heterocycles. The van der Waals surface area contributed by atoms with Crippen molar-refractivity contribution in [1.82, 2.24) is 5.32 Å². The van der Waals surface area contributed by atoms with E-state index in [9.17, 15) is 9.90 Å². The number of ether oxygens (including phenoxy) is 5. The van der Waals surface area contributed by atoms with E-state index in [2.05, 4.69) is 12.2 Å². The molecule has 2 fully saturated rings. The Morgan fingerprint density at radius 1 is 1.00 bits per heavy atom. The van der Waals surface area contributed by atoms with E-state index in [0.717, 1.165) is 24.2 Å². The normalized spacial score (nSPS) is 27.5. The fourth-order valence-electron chi connectivity index (χ4n) is 6.05. The number of amides is 1. The topological polar surface area (TPSA) is 95.5 Å². The van der Waals surface area contributed by atoms with Crippen LogP contribution in [0.15, 0.2) is 18.2 Å². The summed E-state index contributed by atoms with van der Waals surface area (Å²) in [5, 5.41) is 14.4. The van der Waals surface area contributed by atoms with E-state index in [4.69, 9.17) is 23.7 Å². The van der Waals surface area contributed by atoms with Crippen molar-refractivity contribution in [2.45, 2.75) is 147 Å². The van der Waals surface area contributed by atoms with Crippen LogP contribution in [-0.4, -0.2) is 53.7 Å². The molecule has 0 aliphatic carbocycles. The van der Waals surface area contributed by atoms with Gasteiger partial charge in [-0.05, 0) is 51.3 Å². The molecular formula is C31H49NO7. The zero-order valence-corrected chi connectivity index (χ0v) is 24.3. The van der Waals surface area contributed by atoms with Crippen LogP contribution in [0, 0.1) is 0 Å². The van der Waals surface area contributed by atoms with Crippen molar-refractivity contribution in [3.05, 3.63) is 23.8 Å². The fraction of sp³-hybridized carbons (Fsp3) is 0.774. The van der Waals surface area contributed by atoms with Gasteiger partial charge in [0, 0.05) is 6.42 Å². The summed E-state index contributed by atoms with van der Waals surface area (Å²) in [4.78, 5) is 13.0. The Labute approximate surface area is 234 Å². The molecule has 0 bridgehead atoms. The summed E-state index contributed by atoms with van der Waals surface area (Å²) in [6.07, 6.45) is 12.0. The zero-order valence-electron chi connectivity index (χ0n) is 24.3. The first-order chi connectivity index (χ1) is 18.7. The van der Waals surface area contributed by atoms with E-state index in [1.165, 1.54) is 51.4 Å². The third-order valence-corrected chi connectivity index (χ3v) is 8.12. The molecule has 3 aliphatic rings. The van der Waals surface area contributed by atoms with E-state index in [1.54, 1.807) is 0 Å². The number of benzene rings is 1. The van der Waals surface area contributed by atoms with Gasteiger partial charge in [-0.25, -0.2) is 0 Å². The smallest absolute Gasteiger partial charge is 0.231 e. The van der Waals surface area contributed by atoms with E-state index >= 15 is 0 Å². The van der Waals surface area contributed by atoms with Gasteiger partial charge >= 0.3 is 0 Å². The van der Waals surface area contributed by atoms with Crippen LogP contribution < -0.4 is 14.8 Å². The van der Waals surface area contributed by atoms with Gasteiger partial charge in [-0.1, -0.05) is 77.2 Å². The number of hydrogen-bond acceptors (Lipinski definition) is 7. The average molecular weight is 548 g/mol. The minimum absolute atomic E-state index is 0.0959. The molecule has 1 amide bonds. The molecule has 0 radical (unpaired) electrons. The van der Waals surface area contributed by atoms with Gasteiger partial charge in [0.2, 0.25) is 18.5 Å². The molecule has 4 rings (SSSR count). The number of aliphatic hydroxyl groups is 1. The van der Waals surface area contributed by atoms with Crippen molar-refractivity contribution in [2.24, 2.45) is 0 Å². The number of aliphatic hydroxyl groups excluding tert-OH is 1. The van der Waals surface area contributed by atoms with Gasteiger partial charge in [-0.15, -0.1) is 0 Å². The van der Waals surface area contributed by atoms with Crippen LogP contribution in [-0.2, 0) is 25.4 Å². The average Bonchev–Trinajstić information content (AvgIpc) is 3.54. The van der Waals surface area contributed by atoms with Crippen molar-refractivity contribution < 1.29 is 33.6 Å². The summed E-state index contributed by atoms with van der Waals surface area (Å²) in [6.45, 7) is 8.03. The maximum atomic E-state index is 13.0. The lowest BCUT2D eigenvalue weighted by atomic mass is 9.94. The summed E-state index contributed by atoms with van der Waals surface area (Å²) < 4.78 is 29.6. The van der Waals surface area contributed by atoms with Gasteiger partial charge in [0.1, 0.15) is 12.2 Å². The molecule has 2 N–H and O–H groups in total. The summed E-state index contributed by atoms with van der Waals surface area (Å²) in [5.41, 5.74) is 1.01. The number of fused-ring (bicyclic) bond motifs is 2. The van der Waals surface area contributed by atoms with Gasteiger partial charge in [-0.3, -0.25) is 4.79 Å². The molecule has 0 spiro atoms. The van der Waals surface area contributed by atoms with Gasteiger partial charge in [0.25, 0.3) is 0 Å². The molecule has 8 heteroatoms. The summed E-state index contributed by atoms with van der Waals surface area (Å²) >= 11 is 0. The highest BCUT2D eigenvalue weighted by atomic mass is 16.9.